The summed E-state index contributed by atoms with van der Waals surface area (Å²) in [7, 11) is 0. The second-order valence-corrected chi connectivity index (χ2v) is 7.16. The van der Waals surface area contributed by atoms with Crippen LogP contribution in [0.1, 0.15) is 23.9 Å². The topological polar surface area (TPSA) is 95.2 Å². The van der Waals surface area contributed by atoms with Gasteiger partial charge in [-0.05, 0) is 31.5 Å². The predicted molar refractivity (Wildman–Crippen MR) is 105 cm³/mol. The van der Waals surface area contributed by atoms with Crippen LogP contribution >= 0.6 is 0 Å². The third kappa shape index (κ3) is 2.94. The second-order valence-electron chi connectivity index (χ2n) is 7.16. The van der Waals surface area contributed by atoms with Crippen LogP contribution in [-0.2, 0) is 16.8 Å². The number of rotatable bonds is 4. The number of aromatic nitrogens is 2. The molecule has 3 amide bonds. The van der Waals surface area contributed by atoms with Crippen LogP contribution in [0, 0.1) is 6.92 Å². The molecule has 1 unspecified atom stereocenters. The molecule has 1 atom stereocenters. The van der Waals surface area contributed by atoms with Gasteiger partial charge in [0, 0.05) is 13.0 Å². The van der Waals surface area contributed by atoms with Crippen LogP contribution < -0.4 is 10.9 Å². The van der Waals surface area contributed by atoms with Crippen molar-refractivity contribution in [2.75, 3.05) is 6.54 Å². The SMILES string of the molecule is Cc1ccc(C2(C)NC(=O)N(CCc3nc4ccccc4c(=O)[nH]3)C2=O)cc1. The monoisotopic (exact) mass is 376 g/mol. The highest BCUT2D eigenvalue weighted by Crippen LogP contribution is 2.29. The van der Waals surface area contributed by atoms with E-state index in [4.69, 9.17) is 0 Å². The van der Waals surface area contributed by atoms with Crippen molar-refractivity contribution in [3.05, 3.63) is 75.8 Å². The van der Waals surface area contributed by atoms with E-state index in [0.29, 0.717) is 16.7 Å². The molecule has 1 aromatic heterocycles. The van der Waals surface area contributed by atoms with Crippen LogP contribution in [0.2, 0.25) is 0 Å². The number of H-pyrrole nitrogens is 1. The van der Waals surface area contributed by atoms with E-state index in [1.165, 1.54) is 4.90 Å². The third-order valence-electron chi connectivity index (χ3n) is 5.14. The summed E-state index contributed by atoms with van der Waals surface area (Å²) >= 11 is 0. The Kier molecular flexibility index (Phi) is 4.22. The van der Waals surface area contributed by atoms with Crippen LogP contribution in [0.4, 0.5) is 4.79 Å². The molecule has 7 nitrogen and oxygen atoms in total. The molecule has 0 spiro atoms. The molecule has 28 heavy (non-hydrogen) atoms. The van der Waals surface area contributed by atoms with E-state index in [1.54, 1.807) is 25.1 Å². The number of benzene rings is 2. The summed E-state index contributed by atoms with van der Waals surface area (Å²) in [5, 5.41) is 3.30. The minimum Gasteiger partial charge on any atom is -0.319 e. The van der Waals surface area contributed by atoms with Crippen molar-refractivity contribution in [2.45, 2.75) is 25.8 Å². The molecule has 0 saturated carbocycles. The van der Waals surface area contributed by atoms with Crippen LogP contribution in [0.15, 0.2) is 53.3 Å². The van der Waals surface area contributed by atoms with Crippen LogP contribution in [-0.4, -0.2) is 33.4 Å². The van der Waals surface area contributed by atoms with E-state index in [1.807, 2.05) is 37.3 Å². The maximum Gasteiger partial charge on any atom is 0.325 e. The Labute approximate surface area is 161 Å². The maximum absolute atomic E-state index is 13.0. The van der Waals surface area contributed by atoms with Gasteiger partial charge in [0.2, 0.25) is 0 Å². The van der Waals surface area contributed by atoms with Crippen LogP contribution in [0.3, 0.4) is 0 Å². The van der Waals surface area contributed by atoms with Crippen molar-refractivity contribution in [3.63, 3.8) is 0 Å². The minimum absolute atomic E-state index is 0.132. The van der Waals surface area contributed by atoms with Gasteiger partial charge in [0.05, 0.1) is 10.9 Å². The van der Waals surface area contributed by atoms with Gasteiger partial charge in [-0.1, -0.05) is 42.0 Å². The van der Waals surface area contributed by atoms with E-state index in [0.717, 1.165) is 11.1 Å². The zero-order valence-electron chi connectivity index (χ0n) is 15.7. The zero-order valence-corrected chi connectivity index (χ0v) is 15.7. The summed E-state index contributed by atoms with van der Waals surface area (Å²) in [6.07, 6.45) is 0.267. The summed E-state index contributed by atoms with van der Waals surface area (Å²) in [6, 6.07) is 14.1. The fourth-order valence-corrected chi connectivity index (χ4v) is 3.45. The number of hydrogen-bond acceptors (Lipinski definition) is 4. The first-order chi connectivity index (χ1) is 13.4. The molecule has 2 N–H and O–H groups in total. The Balaban J connectivity index is 1.56. The highest BCUT2D eigenvalue weighted by molar-refractivity contribution is 6.07. The molecule has 0 aliphatic carbocycles. The highest BCUT2D eigenvalue weighted by Gasteiger charge is 2.48. The van der Waals surface area contributed by atoms with E-state index in [-0.39, 0.29) is 24.4 Å². The molecule has 1 aliphatic heterocycles. The average Bonchev–Trinajstić information content (AvgIpc) is 2.90. The Hall–Kier alpha value is -3.48. The highest BCUT2D eigenvalue weighted by atomic mass is 16.2. The number of amides is 3. The van der Waals surface area contributed by atoms with Crippen LogP contribution in [0.5, 0.6) is 0 Å². The molecule has 7 heteroatoms. The number of nitrogens with zero attached hydrogens (tertiary/aromatic N) is 2. The molecule has 1 saturated heterocycles. The number of urea groups is 1. The first-order valence-electron chi connectivity index (χ1n) is 9.08. The maximum atomic E-state index is 13.0. The number of hydrogen-bond donors (Lipinski definition) is 2. The molecule has 142 valence electrons. The largest absolute Gasteiger partial charge is 0.325 e. The quantitative estimate of drug-likeness (QED) is 0.683. The first-order valence-corrected chi connectivity index (χ1v) is 9.08. The summed E-state index contributed by atoms with van der Waals surface area (Å²) in [6.45, 7) is 3.80. The van der Waals surface area contributed by atoms with Crippen LogP contribution in [0.25, 0.3) is 10.9 Å². The Bertz CT molecular complexity index is 1140. The zero-order chi connectivity index (χ0) is 19.9. The summed E-state index contributed by atoms with van der Waals surface area (Å²) in [4.78, 5) is 45.9. The lowest BCUT2D eigenvalue weighted by Gasteiger charge is -2.22. The predicted octanol–water partition coefficient (Wildman–Crippen LogP) is 2.24. The standard InChI is InChI=1S/C21H20N4O3/c1-13-7-9-14(10-8-13)21(2)19(27)25(20(28)24-21)12-11-17-22-16-6-4-3-5-15(16)18(26)23-17/h3-10H,11-12H2,1-2H3,(H,24,28)(H,22,23,26). The Morgan fingerprint density at radius 1 is 1.04 bits per heavy atom. The van der Waals surface area contributed by atoms with Gasteiger partial charge in [-0.3, -0.25) is 14.5 Å². The number of aryl methyl sites for hydroxylation is 1. The number of carbonyl (C=O) groups excluding carboxylic acids is 2. The molecule has 0 radical (unpaired) electrons. The number of carbonyl (C=O) groups is 2. The molecule has 1 fully saturated rings. The molecule has 0 bridgehead atoms. The van der Waals surface area contributed by atoms with Gasteiger partial charge < -0.3 is 10.3 Å². The van der Waals surface area contributed by atoms with Crippen molar-refractivity contribution >= 4 is 22.8 Å². The van der Waals surface area contributed by atoms with Gasteiger partial charge in [0.15, 0.2) is 0 Å². The van der Waals surface area contributed by atoms with Gasteiger partial charge in [-0.15, -0.1) is 0 Å². The lowest BCUT2D eigenvalue weighted by molar-refractivity contribution is -0.131. The number of para-hydroxylation sites is 1. The number of imide groups is 1. The van der Waals surface area contributed by atoms with E-state index in [2.05, 4.69) is 15.3 Å². The van der Waals surface area contributed by atoms with Crippen molar-refractivity contribution < 1.29 is 9.59 Å². The third-order valence-corrected chi connectivity index (χ3v) is 5.14. The van der Waals surface area contributed by atoms with Crippen molar-refractivity contribution in [1.82, 2.24) is 20.2 Å². The number of aromatic amines is 1. The number of fused-ring (bicyclic) bond motifs is 1. The van der Waals surface area contributed by atoms with Crippen molar-refractivity contribution in [3.8, 4) is 0 Å². The molecule has 1 aliphatic rings. The Morgan fingerprint density at radius 2 is 1.75 bits per heavy atom. The van der Waals surface area contributed by atoms with Gasteiger partial charge in [-0.2, -0.15) is 0 Å². The lowest BCUT2D eigenvalue weighted by Crippen LogP contribution is -2.41. The van der Waals surface area contributed by atoms with Crippen molar-refractivity contribution in [1.29, 1.82) is 0 Å². The van der Waals surface area contributed by atoms with Gasteiger partial charge in [0.1, 0.15) is 11.4 Å². The van der Waals surface area contributed by atoms with Gasteiger partial charge >= 0.3 is 6.03 Å². The number of nitrogens with one attached hydrogen (secondary N) is 2. The molecule has 3 aromatic rings. The van der Waals surface area contributed by atoms with Gasteiger partial charge in [0.25, 0.3) is 11.5 Å². The summed E-state index contributed by atoms with van der Waals surface area (Å²) in [5.41, 5.74) is 1.06. The molecular weight excluding hydrogens is 356 g/mol. The average molecular weight is 376 g/mol. The first kappa shape index (κ1) is 17.9. The molecular formula is C21H20N4O3. The second kappa shape index (κ2) is 6.60. The van der Waals surface area contributed by atoms with Gasteiger partial charge in [-0.25, -0.2) is 9.78 Å². The molecule has 2 heterocycles. The lowest BCUT2D eigenvalue weighted by atomic mass is 9.91. The normalized spacial score (nSPS) is 19.3. The molecule has 4 rings (SSSR count). The van der Waals surface area contributed by atoms with Crippen molar-refractivity contribution in [2.24, 2.45) is 0 Å². The van der Waals surface area contributed by atoms with E-state index < -0.39 is 11.6 Å². The fraction of sp³-hybridized carbons (Fsp3) is 0.238. The van der Waals surface area contributed by atoms with E-state index >= 15 is 0 Å². The summed E-state index contributed by atoms with van der Waals surface area (Å²) in [5.74, 6) is 0.123. The Morgan fingerprint density at radius 3 is 2.50 bits per heavy atom. The summed E-state index contributed by atoms with van der Waals surface area (Å²) < 4.78 is 0. The van der Waals surface area contributed by atoms with E-state index in [9.17, 15) is 14.4 Å². The fourth-order valence-electron chi connectivity index (χ4n) is 3.45. The smallest absolute Gasteiger partial charge is 0.319 e. The molecule has 2 aromatic carbocycles. The minimum atomic E-state index is -1.10.